The molecule has 1 heterocycles. The van der Waals surface area contributed by atoms with E-state index in [4.69, 9.17) is 4.74 Å². The molecular formula is C15H24O3. The normalized spacial score (nSPS) is 55.7. The zero-order chi connectivity index (χ0) is 13.1. The Morgan fingerprint density at radius 1 is 1.28 bits per heavy atom. The van der Waals surface area contributed by atoms with Crippen molar-refractivity contribution in [1.29, 1.82) is 0 Å². The number of hydrogen-bond acceptors (Lipinski definition) is 3. The van der Waals surface area contributed by atoms with E-state index in [1.165, 1.54) is 0 Å². The molecule has 0 aromatic heterocycles. The maximum atomic E-state index is 11.7. The molecule has 3 nitrogen and oxygen atoms in total. The average molecular weight is 252 g/mol. The zero-order valence-corrected chi connectivity index (χ0v) is 11.6. The molecule has 2 saturated carbocycles. The lowest BCUT2D eigenvalue weighted by Crippen LogP contribution is -2.49. The van der Waals surface area contributed by atoms with Crippen molar-refractivity contribution in [2.75, 3.05) is 0 Å². The Hall–Kier alpha value is -0.570. The van der Waals surface area contributed by atoms with Crippen LogP contribution in [-0.4, -0.2) is 23.3 Å². The van der Waals surface area contributed by atoms with Crippen LogP contribution in [0.25, 0.3) is 0 Å². The molecule has 1 N–H and O–H groups in total. The van der Waals surface area contributed by atoms with Gasteiger partial charge in [-0.25, -0.2) is 0 Å². The monoisotopic (exact) mass is 252 g/mol. The summed E-state index contributed by atoms with van der Waals surface area (Å²) in [4.78, 5) is 11.7. The number of fused-ring (bicyclic) bond motifs is 2. The average Bonchev–Trinajstić information content (AvgIpc) is 2.50. The van der Waals surface area contributed by atoms with E-state index >= 15 is 0 Å². The summed E-state index contributed by atoms with van der Waals surface area (Å²) in [5, 5.41) is 10.0. The van der Waals surface area contributed by atoms with Crippen LogP contribution < -0.4 is 0 Å². The highest BCUT2D eigenvalue weighted by molar-refractivity contribution is 5.74. The second-order valence-electron chi connectivity index (χ2n) is 7.20. The lowest BCUT2D eigenvalue weighted by atomic mass is 9.53. The smallest absolute Gasteiger partial charge is 0.309 e. The minimum atomic E-state index is -0.174. The van der Waals surface area contributed by atoms with Gasteiger partial charge in [0.15, 0.2) is 0 Å². The highest BCUT2D eigenvalue weighted by Gasteiger charge is 2.55. The fourth-order valence-corrected chi connectivity index (χ4v) is 4.95. The first-order chi connectivity index (χ1) is 8.40. The van der Waals surface area contributed by atoms with Crippen LogP contribution in [0.3, 0.4) is 0 Å². The van der Waals surface area contributed by atoms with Gasteiger partial charge in [0.05, 0.1) is 12.0 Å². The fourth-order valence-electron chi connectivity index (χ4n) is 4.95. The molecule has 0 amide bonds. The van der Waals surface area contributed by atoms with Gasteiger partial charge in [0, 0.05) is 5.92 Å². The molecule has 1 saturated heterocycles. The third-order valence-electron chi connectivity index (χ3n) is 5.88. The van der Waals surface area contributed by atoms with Crippen molar-refractivity contribution in [1.82, 2.24) is 0 Å². The first-order valence-corrected chi connectivity index (χ1v) is 7.29. The molecule has 0 aromatic carbocycles. The summed E-state index contributed by atoms with van der Waals surface area (Å²) in [5.74, 6) is 1.66. The van der Waals surface area contributed by atoms with Crippen molar-refractivity contribution < 1.29 is 14.6 Å². The summed E-state index contributed by atoms with van der Waals surface area (Å²) < 4.78 is 5.54. The molecule has 3 rings (SSSR count). The van der Waals surface area contributed by atoms with Crippen LogP contribution in [0.2, 0.25) is 0 Å². The molecular weight excluding hydrogens is 228 g/mol. The molecule has 3 fully saturated rings. The quantitative estimate of drug-likeness (QED) is 0.673. The number of rotatable bonds is 0. The zero-order valence-electron chi connectivity index (χ0n) is 11.6. The van der Waals surface area contributed by atoms with Crippen molar-refractivity contribution in [3.63, 3.8) is 0 Å². The van der Waals surface area contributed by atoms with Crippen LogP contribution in [0, 0.1) is 29.1 Å². The molecule has 2 unspecified atom stereocenters. The number of ether oxygens (including phenoxy) is 1. The van der Waals surface area contributed by atoms with Gasteiger partial charge in [-0.2, -0.15) is 0 Å². The Bertz CT molecular complexity index is 367. The number of hydrogen-bond donors (Lipinski definition) is 1. The Morgan fingerprint density at radius 2 is 2.00 bits per heavy atom. The van der Waals surface area contributed by atoms with Crippen LogP contribution >= 0.6 is 0 Å². The standard InChI is InChI=1S/C15H24O3/c1-8-4-10(16)6-15(3)7-13-11(5-12(8)15)9(2)14(17)18-13/h8-13,16H,4-7H2,1-3H3/t8?,9-,10-,11+,12?,13+,15+/m0/s1. The van der Waals surface area contributed by atoms with Gasteiger partial charge in [-0.1, -0.05) is 20.8 Å². The second kappa shape index (κ2) is 3.96. The number of aliphatic hydroxyl groups excluding tert-OH is 1. The molecule has 0 aromatic rings. The van der Waals surface area contributed by atoms with Crippen molar-refractivity contribution >= 4 is 5.97 Å². The SMILES string of the molecule is CC1C[C@H](O)C[C@]2(C)C[C@H]3OC(=O)[C@@H](C)[C@H]3CC12. The van der Waals surface area contributed by atoms with Gasteiger partial charge >= 0.3 is 5.97 Å². The number of carbonyl (C=O) groups excluding carboxylic acids is 1. The van der Waals surface area contributed by atoms with E-state index in [0.717, 1.165) is 25.7 Å². The van der Waals surface area contributed by atoms with E-state index in [-0.39, 0.29) is 29.5 Å². The Kier molecular flexibility index (Phi) is 2.74. The van der Waals surface area contributed by atoms with Crippen LogP contribution in [-0.2, 0) is 9.53 Å². The molecule has 1 aliphatic heterocycles. The maximum absolute atomic E-state index is 11.7. The molecule has 18 heavy (non-hydrogen) atoms. The van der Waals surface area contributed by atoms with Gasteiger partial charge < -0.3 is 9.84 Å². The minimum Gasteiger partial charge on any atom is -0.462 e. The van der Waals surface area contributed by atoms with Crippen molar-refractivity contribution in [3.05, 3.63) is 0 Å². The molecule has 7 atom stereocenters. The molecule has 3 heteroatoms. The number of carbonyl (C=O) groups is 1. The summed E-state index contributed by atoms with van der Waals surface area (Å²) in [6, 6.07) is 0. The number of aliphatic hydroxyl groups is 1. The van der Waals surface area contributed by atoms with E-state index in [9.17, 15) is 9.90 Å². The molecule has 0 bridgehead atoms. The minimum absolute atomic E-state index is 0.0135. The Labute approximate surface area is 109 Å². The Balaban J connectivity index is 1.86. The van der Waals surface area contributed by atoms with Gasteiger partial charge in [-0.15, -0.1) is 0 Å². The van der Waals surface area contributed by atoms with Crippen LogP contribution in [0.15, 0.2) is 0 Å². The largest absolute Gasteiger partial charge is 0.462 e. The van der Waals surface area contributed by atoms with E-state index in [2.05, 4.69) is 13.8 Å². The summed E-state index contributed by atoms with van der Waals surface area (Å²) in [5.41, 5.74) is 0.155. The van der Waals surface area contributed by atoms with Crippen LogP contribution in [0.4, 0.5) is 0 Å². The first-order valence-electron chi connectivity index (χ1n) is 7.29. The molecule has 0 radical (unpaired) electrons. The highest BCUT2D eigenvalue weighted by atomic mass is 16.6. The predicted molar refractivity (Wildman–Crippen MR) is 67.8 cm³/mol. The summed E-state index contributed by atoms with van der Waals surface area (Å²) in [6.07, 6.45) is 3.76. The van der Waals surface area contributed by atoms with Gasteiger partial charge in [-0.3, -0.25) is 4.79 Å². The van der Waals surface area contributed by atoms with E-state index < -0.39 is 0 Å². The maximum Gasteiger partial charge on any atom is 0.309 e. The number of esters is 1. The van der Waals surface area contributed by atoms with Crippen molar-refractivity contribution in [2.45, 2.75) is 58.7 Å². The molecule has 2 aliphatic carbocycles. The van der Waals surface area contributed by atoms with Gasteiger partial charge in [-0.05, 0) is 42.9 Å². The molecule has 102 valence electrons. The first kappa shape index (κ1) is 12.5. The fraction of sp³-hybridized carbons (Fsp3) is 0.933. The third kappa shape index (κ3) is 1.70. The van der Waals surface area contributed by atoms with E-state index in [1.807, 2.05) is 6.92 Å². The van der Waals surface area contributed by atoms with Crippen LogP contribution in [0.5, 0.6) is 0 Å². The highest BCUT2D eigenvalue weighted by Crippen LogP contribution is 2.57. The van der Waals surface area contributed by atoms with Crippen molar-refractivity contribution in [3.8, 4) is 0 Å². The lowest BCUT2D eigenvalue weighted by Gasteiger charge is -2.52. The summed E-state index contributed by atoms with van der Waals surface area (Å²) in [6.45, 7) is 6.55. The molecule has 3 aliphatic rings. The predicted octanol–water partition coefficient (Wildman–Crippen LogP) is 2.37. The molecule has 0 spiro atoms. The van der Waals surface area contributed by atoms with Gasteiger partial charge in [0.2, 0.25) is 0 Å². The van der Waals surface area contributed by atoms with E-state index in [0.29, 0.717) is 17.8 Å². The van der Waals surface area contributed by atoms with Gasteiger partial charge in [0.25, 0.3) is 0 Å². The summed E-state index contributed by atoms with van der Waals surface area (Å²) >= 11 is 0. The van der Waals surface area contributed by atoms with Crippen LogP contribution in [0.1, 0.15) is 46.5 Å². The van der Waals surface area contributed by atoms with E-state index in [1.54, 1.807) is 0 Å². The second-order valence-corrected chi connectivity index (χ2v) is 7.20. The Morgan fingerprint density at radius 3 is 2.72 bits per heavy atom. The lowest BCUT2D eigenvalue weighted by molar-refractivity contribution is -0.147. The third-order valence-corrected chi connectivity index (χ3v) is 5.88. The van der Waals surface area contributed by atoms with Crippen molar-refractivity contribution in [2.24, 2.45) is 29.1 Å². The topological polar surface area (TPSA) is 46.5 Å². The van der Waals surface area contributed by atoms with Gasteiger partial charge in [0.1, 0.15) is 6.10 Å². The summed E-state index contributed by atoms with van der Waals surface area (Å²) in [7, 11) is 0.